The number of rotatable bonds is 8. The first-order valence-electron chi connectivity index (χ1n) is 12.2. The Morgan fingerprint density at radius 2 is 1.44 bits per heavy atom. The van der Waals surface area contributed by atoms with E-state index in [0.29, 0.717) is 12.3 Å². The molecule has 4 N–H and O–H groups in total. The number of hydrogen-bond donors (Lipinski definition) is 4. The van der Waals surface area contributed by atoms with Crippen molar-refractivity contribution in [1.29, 1.82) is 0 Å². The predicted octanol–water partition coefficient (Wildman–Crippen LogP) is 4.15. The van der Waals surface area contributed by atoms with Gasteiger partial charge in [-0.3, -0.25) is 19.6 Å². The summed E-state index contributed by atoms with van der Waals surface area (Å²) in [4.78, 5) is 37.0. The van der Waals surface area contributed by atoms with Crippen molar-refractivity contribution < 1.29 is 19.6 Å². The van der Waals surface area contributed by atoms with E-state index in [-0.39, 0.29) is 35.6 Å². The van der Waals surface area contributed by atoms with Gasteiger partial charge in [0.05, 0.1) is 18.4 Å². The zero-order valence-corrected chi connectivity index (χ0v) is 21.9. The van der Waals surface area contributed by atoms with Gasteiger partial charge in [-0.15, -0.1) is 0 Å². The van der Waals surface area contributed by atoms with Crippen molar-refractivity contribution in [2.45, 2.75) is 87.5 Å². The van der Waals surface area contributed by atoms with Crippen LogP contribution in [0.3, 0.4) is 0 Å². The molecule has 1 fully saturated rings. The van der Waals surface area contributed by atoms with E-state index in [4.69, 9.17) is 0 Å². The van der Waals surface area contributed by atoms with E-state index in [0.717, 1.165) is 31.6 Å². The van der Waals surface area contributed by atoms with Crippen LogP contribution in [0.4, 0.5) is 0 Å². The summed E-state index contributed by atoms with van der Waals surface area (Å²) in [7, 11) is 1.51. The largest absolute Gasteiger partial charge is 0.358 e. The lowest BCUT2D eigenvalue weighted by molar-refractivity contribution is -0.144. The lowest BCUT2D eigenvalue weighted by atomic mass is 9.64. The highest BCUT2D eigenvalue weighted by Crippen LogP contribution is 2.44. The fourth-order valence-corrected chi connectivity index (χ4v) is 4.46. The van der Waals surface area contributed by atoms with Crippen LogP contribution in [0.15, 0.2) is 0 Å². The molecule has 0 aromatic rings. The Labute approximate surface area is 195 Å². The van der Waals surface area contributed by atoms with E-state index >= 15 is 0 Å². The highest BCUT2D eigenvalue weighted by molar-refractivity contribution is 5.90. The summed E-state index contributed by atoms with van der Waals surface area (Å²) in [6, 6.07) is 0. The maximum atomic E-state index is 12.9. The quantitative estimate of drug-likeness (QED) is 0.326. The summed E-state index contributed by atoms with van der Waals surface area (Å²) in [5.41, 5.74) is 2.01. The summed E-state index contributed by atoms with van der Waals surface area (Å²) in [6.07, 6.45) is 4.26. The van der Waals surface area contributed by atoms with Gasteiger partial charge in [-0.05, 0) is 61.2 Å². The maximum absolute atomic E-state index is 12.9. The van der Waals surface area contributed by atoms with Crippen molar-refractivity contribution in [1.82, 2.24) is 16.1 Å². The summed E-state index contributed by atoms with van der Waals surface area (Å²) in [5.74, 6) is -0.594. The molecule has 0 heterocycles. The summed E-state index contributed by atoms with van der Waals surface area (Å²) in [6.45, 7) is 17.1. The Morgan fingerprint density at radius 3 is 1.81 bits per heavy atom. The van der Waals surface area contributed by atoms with E-state index in [9.17, 15) is 19.6 Å². The van der Waals surface area contributed by atoms with Crippen molar-refractivity contribution in [3.05, 3.63) is 0 Å². The first-order chi connectivity index (χ1) is 14.7. The predicted molar refractivity (Wildman–Crippen MR) is 129 cm³/mol. The molecule has 0 aromatic carbocycles. The molecule has 0 aromatic heterocycles. The molecule has 32 heavy (non-hydrogen) atoms. The molecule has 188 valence electrons. The molecule has 0 spiro atoms. The Balaban J connectivity index is 0.00000220. The molecule has 3 amide bonds. The van der Waals surface area contributed by atoms with E-state index in [1.165, 1.54) is 7.05 Å². The molecule has 0 bridgehead atoms. The molecule has 1 saturated carbocycles. The topological polar surface area (TPSA) is 108 Å². The van der Waals surface area contributed by atoms with Gasteiger partial charge in [0, 0.05) is 7.05 Å². The molecular weight excluding hydrogens is 406 g/mol. The third kappa shape index (κ3) is 11.3. The van der Waals surface area contributed by atoms with Crippen LogP contribution in [0.2, 0.25) is 0 Å². The van der Waals surface area contributed by atoms with Crippen LogP contribution in [0.25, 0.3) is 0 Å². The standard InChI is InChI=1S/C21H39N3O4.C4H10/c1-13(2)11-16(19(26)23-12-17(25)22-6)18(20(27)24-28)14-7-9-15(10-8-14)21(3,4)5;1-4(2)3/h13-16,18,28H,7-12H2,1-6H3,(H,22,25)(H,23,26)(H,24,27);4H,1-3H3/t14?,15?,16?,18-;/m0./s1. The van der Waals surface area contributed by atoms with E-state index in [1.807, 2.05) is 13.8 Å². The van der Waals surface area contributed by atoms with Gasteiger partial charge in [0.2, 0.25) is 17.7 Å². The second-order valence-electron chi connectivity index (χ2n) is 11.3. The number of amides is 3. The molecule has 2 atom stereocenters. The van der Waals surface area contributed by atoms with Crippen molar-refractivity contribution in [3.63, 3.8) is 0 Å². The van der Waals surface area contributed by atoms with Crippen LogP contribution < -0.4 is 16.1 Å². The fourth-order valence-electron chi connectivity index (χ4n) is 4.46. The van der Waals surface area contributed by atoms with Gasteiger partial charge >= 0.3 is 0 Å². The average molecular weight is 456 g/mol. The molecule has 0 radical (unpaired) electrons. The molecule has 1 aliphatic carbocycles. The smallest absolute Gasteiger partial charge is 0.247 e. The summed E-state index contributed by atoms with van der Waals surface area (Å²) in [5, 5.41) is 14.5. The van der Waals surface area contributed by atoms with Gasteiger partial charge in [0.15, 0.2) is 0 Å². The number of carbonyl (C=O) groups is 3. The molecule has 0 saturated heterocycles. The Morgan fingerprint density at radius 1 is 0.938 bits per heavy atom. The average Bonchev–Trinajstić information content (AvgIpc) is 2.70. The maximum Gasteiger partial charge on any atom is 0.247 e. The van der Waals surface area contributed by atoms with E-state index < -0.39 is 17.7 Å². The molecule has 1 aliphatic rings. The fraction of sp³-hybridized carbons (Fsp3) is 0.880. The minimum absolute atomic E-state index is 0.0419. The second-order valence-corrected chi connectivity index (χ2v) is 11.3. The highest BCUT2D eigenvalue weighted by atomic mass is 16.5. The van der Waals surface area contributed by atoms with Gasteiger partial charge in [-0.2, -0.15) is 0 Å². The number of hydrogen-bond acceptors (Lipinski definition) is 4. The van der Waals surface area contributed by atoms with Crippen molar-refractivity contribution >= 4 is 17.7 Å². The van der Waals surface area contributed by atoms with Gasteiger partial charge < -0.3 is 10.6 Å². The summed E-state index contributed by atoms with van der Waals surface area (Å²) < 4.78 is 0. The van der Waals surface area contributed by atoms with Crippen LogP contribution >= 0.6 is 0 Å². The highest BCUT2D eigenvalue weighted by Gasteiger charge is 2.42. The third-order valence-corrected chi connectivity index (χ3v) is 6.12. The molecule has 0 aliphatic heterocycles. The monoisotopic (exact) mass is 455 g/mol. The zero-order valence-electron chi connectivity index (χ0n) is 21.9. The zero-order chi connectivity index (χ0) is 25.1. The Kier molecular flexibility index (Phi) is 13.8. The molecule has 7 heteroatoms. The van der Waals surface area contributed by atoms with Gasteiger partial charge in [-0.1, -0.05) is 55.4 Å². The molecule has 7 nitrogen and oxygen atoms in total. The lowest BCUT2D eigenvalue weighted by Gasteiger charge is -2.40. The van der Waals surface area contributed by atoms with Gasteiger partial charge in [0.25, 0.3) is 0 Å². The molecular formula is C25H49N3O4. The number of nitrogens with one attached hydrogen (secondary N) is 3. The minimum atomic E-state index is -0.599. The Hall–Kier alpha value is -1.63. The minimum Gasteiger partial charge on any atom is -0.358 e. The van der Waals surface area contributed by atoms with Crippen LogP contribution in [0, 0.1) is 40.9 Å². The van der Waals surface area contributed by atoms with E-state index in [2.05, 4.69) is 52.2 Å². The van der Waals surface area contributed by atoms with Crippen LogP contribution in [0.5, 0.6) is 0 Å². The normalized spacial score (nSPS) is 20.6. The molecule has 1 unspecified atom stereocenters. The summed E-state index contributed by atoms with van der Waals surface area (Å²) >= 11 is 0. The third-order valence-electron chi connectivity index (χ3n) is 6.12. The van der Waals surface area contributed by atoms with Crippen molar-refractivity contribution in [3.8, 4) is 0 Å². The van der Waals surface area contributed by atoms with Crippen LogP contribution in [-0.4, -0.2) is 36.5 Å². The number of carbonyl (C=O) groups excluding carboxylic acids is 3. The van der Waals surface area contributed by atoms with Gasteiger partial charge in [-0.25, -0.2) is 5.48 Å². The number of hydroxylamine groups is 1. The lowest BCUT2D eigenvalue weighted by Crippen LogP contribution is -2.47. The second kappa shape index (κ2) is 14.5. The van der Waals surface area contributed by atoms with Crippen LogP contribution in [0.1, 0.15) is 87.5 Å². The SMILES string of the molecule is CC(C)C.CNC(=O)CNC(=O)C(CC(C)C)[C@@H](C(=O)NO)C1CCC(C(C)(C)C)CC1. The van der Waals surface area contributed by atoms with Crippen molar-refractivity contribution in [2.75, 3.05) is 13.6 Å². The van der Waals surface area contributed by atoms with Crippen molar-refractivity contribution in [2.24, 2.45) is 40.9 Å². The van der Waals surface area contributed by atoms with Crippen LogP contribution in [-0.2, 0) is 14.4 Å². The first-order valence-corrected chi connectivity index (χ1v) is 12.2. The first kappa shape index (κ1) is 30.4. The Bertz CT molecular complexity index is 573. The number of likely N-dealkylation sites (N-methyl/N-ethyl adjacent to an activating group) is 1. The molecule has 1 rings (SSSR count). The van der Waals surface area contributed by atoms with E-state index in [1.54, 1.807) is 5.48 Å². The van der Waals surface area contributed by atoms with Gasteiger partial charge in [0.1, 0.15) is 0 Å².